The molecule has 7 nitrogen and oxygen atoms in total. The third-order valence-electron chi connectivity index (χ3n) is 5.06. The Kier molecular flexibility index (Phi) is 7.44. The van der Waals surface area contributed by atoms with Gasteiger partial charge in [0.05, 0.1) is 23.5 Å². The second-order valence-corrected chi connectivity index (χ2v) is 6.97. The van der Waals surface area contributed by atoms with Crippen LogP contribution in [0.25, 0.3) is 0 Å². The van der Waals surface area contributed by atoms with Crippen LogP contribution >= 0.6 is 11.6 Å². The van der Waals surface area contributed by atoms with E-state index in [2.05, 4.69) is 6.58 Å². The number of carboxylic acids is 2. The van der Waals surface area contributed by atoms with Crippen LogP contribution in [0.1, 0.15) is 45.4 Å². The smallest absolute Gasteiger partial charge is 0.333 e. The molecule has 0 amide bonds. The molecule has 3 atom stereocenters. The van der Waals surface area contributed by atoms with E-state index in [1.165, 1.54) is 6.92 Å². The highest BCUT2D eigenvalue weighted by Crippen LogP contribution is 2.56. The lowest BCUT2D eigenvalue weighted by molar-refractivity contribution is -0.186. The van der Waals surface area contributed by atoms with Gasteiger partial charge in [0.1, 0.15) is 0 Å². The van der Waals surface area contributed by atoms with Gasteiger partial charge in [-0.3, -0.25) is 9.59 Å². The molecular formula is C17H25ClO7. The van der Waals surface area contributed by atoms with Gasteiger partial charge in [0.25, 0.3) is 0 Å². The van der Waals surface area contributed by atoms with Crippen LogP contribution in [-0.4, -0.2) is 51.8 Å². The fourth-order valence-corrected chi connectivity index (χ4v) is 3.82. The van der Waals surface area contributed by atoms with E-state index in [0.717, 1.165) is 0 Å². The summed E-state index contributed by atoms with van der Waals surface area (Å²) in [6.45, 7) is 4.68. The van der Waals surface area contributed by atoms with E-state index in [1.54, 1.807) is 0 Å². The van der Waals surface area contributed by atoms with Crippen molar-refractivity contribution in [1.82, 2.24) is 0 Å². The molecule has 1 saturated carbocycles. The van der Waals surface area contributed by atoms with Crippen LogP contribution in [0.15, 0.2) is 12.2 Å². The lowest BCUT2D eigenvalue weighted by Crippen LogP contribution is -2.56. The van der Waals surface area contributed by atoms with Gasteiger partial charge in [0, 0.05) is 11.5 Å². The van der Waals surface area contributed by atoms with E-state index in [-0.39, 0.29) is 43.7 Å². The Bertz CT molecular complexity index is 547. The second kappa shape index (κ2) is 8.67. The molecule has 0 aromatic rings. The molecule has 1 aliphatic rings. The molecule has 0 aromatic heterocycles. The van der Waals surface area contributed by atoms with Crippen molar-refractivity contribution >= 4 is 29.5 Å². The molecule has 0 aliphatic heterocycles. The zero-order chi connectivity index (χ0) is 19.3. The first-order valence-corrected chi connectivity index (χ1v) is 8.70. The Hall–Kier alpha value is -1.60. The molecular weight excluding hydrogens is 352 g/mol. The molecule has 0 aromatic carbocycles. The number of carboxylic acid groups (broad SMARTS) is 2. The normalized spacial score (nSPS) is 27.3. The standard InChI is InChI=1S/C17H25ClO7/c1-11(2)13(20)25-8-7-16(14(21)22)5-3-4-6-17(16,15(23)24)9-12(19)10-18/h12,19H,1,3-10H2,2H3,(H,21,22)(H,23,24). The minimum atomic E-state index is -1.67. The topological polar surface area (TPSA) is 121 Å². The monoisotopic (exact) mass is 376 g/mol. The number of aliphatic hydroxyl groups is 1. The number of aliphatic hydroxyl groups excluding tert-OH is 1. The summed E-state index contributed by atoms with van der Waals surface area (Å²) >= 11 is 5.62. The van der Waals surface area contributed by atoms with Crippen molar-refractivity contribution in [2.75, 3.05) is 12.5 Å². The van der Waals surface area contributed by atoms with Crippen molar-refractivity contribution < 1.29 is 34.4 Å². The Morgan fingerprint density at radius 1 is 1.16 bits per heavy atom. The first-order chi connectivity index (χ1) is 11.6. The van der Waals surface area contributed by atoms with E-state index in [1.807, 2.05) is 0 Å². The van der Waals surface area contributed by atoms with Crippen LogP contribution in [0.2, 0.25) is 0 Å². The molecule has 0 spiro atoms. The van der Waals surface area contributed by atoms with Crippen LogP contribution in [0, 0.1) is 10.8 Å². The summed E-state index contributed by atoms with van der Waals surface area (Å²) in [5.41, 5.74) is -3.13. The molecule has 1 fully saturated rings. The molecule has 3 N–H and O–H groups in total. The fraction of sp³-hybridized carbons (Fsp3) is 0.706. The van der Waals surface area contributed by atoms with E-state index in [4.69, 9.17) is 16.3 Å². The van der Waals surface area contributed by atoms with E-state index < -0.39 is 34.8 Å². The zero-order valence-electron chi connectivity index (χ0n) is 14.3. The maximum atomic E-state index is 12.1. The van der Waals surface area contributed by atoms with E-state index >= 15 is 0 Å². The highest BCUT2D eigenvalue weighted by Gasteiger charge is 2.62. The summed E-state index contributed by atoms with van der Waals surface area (Å²) < 4.78 is 5.00. The molecule has 25 heavy (non-hydrogen) atoms. The van der Waals surface area contributed by atoms with Crippen LogP contribution in [0.5, 0.6) is 0 Å². The highest BCUT2D eigenvalue weighted by molar-refractivity contribution is 6.18. The number of ether oxygens (including phenoxy) is 1. The molecule has 0 radical (unpaired) electrons. The Labute approximate surface area is 151 Å². The molecule has 3 unspecified atom stereocenters. The average molecular weight is 377 g/mol. The predicted octanol–water partition coefficient (Wildman–Crippen LogP) is 2.20. The maximum Gasteiger partial charge on any atom is 0.333 e. The van der Waals surface area contributed by atoms with Crippen molar-refractivity contribution in [2.45, 2.75) is 51.6 Å². The van der Waals surface area contributed by atoms with Gasteiger partial charge in [-0.15, -0.1) is 11.6 Å². The van der Waals surface area contributed by atoms with Crippen LogP contribution < -0.4 is 0 Å². The zero-order valence-corrected chi connectivity index (χ0v) is 15.0. The molecule has 8 heteroatoms. The van der Waals surface area contributed by atoms with Gasteiger partial charge in [-0.2, -0.15) is 0 Å². The van der Waals surface area contributed by atoms with Crippen molar-refractivity contribution in [1.29, 1.82) is 0 Å². The molecule has 0 heterocycles. The number of aliphatic carboxylic acids is 2. The number of hydrogen-bond donors (Lipinski definition) is 3. The van der Waals surface area contributed by atoms with Crippen LogP contribution in [0.4, 0.5) is 0 Å². The first-order valence-electron chi connectivity index (χ1n) is 8.16. The van der Waals surface area contributed by atoms with Gasteiger partial charge in [0.15, 0.2) is 0 Å². The fourth-order valence-electron chi connectivity index (χ4n) is 3.71. The van der Waals surface area contributed by atoms with Gasteiger partial charge in [-0.05, 0) is 32.6 Å². The van der Waals surface area contributed by atoms with E-state index in [9.17, 15) is 29.7 Å². The van der Waals surface area contributed by atoms with Gasteiger partial charge < -0.3 is 20.1 Å². The molecule has 142 valence electrons. The predicted molar refractivity (Wildman–Crippen MR) is 90.3 cm³/mol. The number of alkyl halides is 1. The minimum Gasteiger partial charge on any atom is -0.481 e. The summed E-state index contributed by atoms with van der Waals surface area (Å²) in [6, 6.07) is 0. The summed E-state index contributed by atoms with van der Waals surface area (Å²) in [5.74, 6) is -3.37. The Morgan fingerprint density at radius 3 is 2.12 bits per heavy atom. The van der Waals surface area contributed by atoms with Crippen molar-refractivity contribution in [3.63, 3.8) is 0 Å². The second-order valence-electron chi connectivity index (χ2n) is 6.66. The maximum absolute atomic E-state index is 12.1. The number of hydrogen-bond acceptors (Lipinski definition) is 5. The molecule has 1 rings (SSSR count). The van der Waals surface area contributed by atoms with Gasteiger partial charge in [-0.25, -0.2) is 4.79 Å². The first kappa shape index (κ1) is 21.4. The van der Waals surface area contributed by atoms with Gasteiger partial charge >= 0.3 is 17.9 Å². The third kappa shape index (κ3) is 4.33. The summed E-state index contributed by atoms with van der Waals surface area (Å²) in [6.07, 6.45) is -0.192. The average Bonchev–Trinajstić information content (AvgIpc) is 2.55. The largest absolute Gasteiger partial charge is 0.481 e. The number of rotatable bonds is 9. The molecule has 0 saturated heterocycles. The molecule has 0 bridgehead atoms. The summed E-state index contributed by atoms with van der Waals surface area (Å²) in [5, 5.41) is 29.7. The lowest BCUT2D eigenvalue weighted by Gasteiger charge is -2.49. The number of halogens is 1. The number of carbonyl (C=O) groups is 3. The third-order valence-corrected chi connectivity index (χ3v) is 5.42. The van der Waals surface area contributed by atoms with E-state index in [0.29, 0.717) is 12.8 Å². The quantitative estimate of drug-likeness (QED) is 0.320. The Balaban J connectivity index is 3.19. The summed E-state index contributed by atoms with van der Waals surface area (Å²) in [4.78, 5) is 35.8. The minimum absolute atomic E-state index is 0.122. The highest BCUT2D eigenvalue weighted by atomic mass is 35.5. The van der Waals surface area contributed by atoms with Gasteiger partial charge in [0.2, 0.25) is 0 Å². The van der Waals surface area contributed by atoms with Crippen LogP contribution in [0.3, 0.4) is 0 Å². The van der Waals surface area contributed by atoms with Crippen molar-refractivity contribution in [3.8, 4) is 0 Å². The lowest BCUT2D eigenvalue weighted by atomic mass is 9.52. The number of esters is 1. The van der Waals surface area contributed by atoms with Gasteiger partial charge in [-0.1, -0.05) is 19.4 Å². The van der Waals surface area contributed by atoms with Crippen molar-refractivity contribution in [3.05, 3.63) is 12.2 Å². The number of carbonyl (C=O) groups excluding carboxylic acids is 1. The summed E-state index contributed by atoms with van der Waals surface area (Å²) in [7, 11) is 0. The molecule has 1 aliphatic carbocycles. The van der Waals surface area contributed by atoms with Crippen LogP contribution in [-0.2, 0) is 19.1 Å². The Morgan fingerprint density at radius 2 is 1.68 bits per heavy atom. The van der Waals surface area contributed by atoms with Crippen molar-refractivity contribution in [2.24, 2.45) is 10.8 Å². The SMILES string of the molecule is C=C(C)C(=O)OCCC1(C(=O)O)CCCCC1(CC(O)CCl)C(=O)O.